The van der Waals surface area contributed by atoms with E-state index < -0.39 is 0 Å². The van der Waals surface area contributed by atoms with Gasteiger partial charge in [-0.05, 0) is 37.5 Å². The van der Waals surface area contributed by atoms with Gasteiger partial charge in [-0.3, -0.25) is 0 Å². The minimum absolute atomic E-state index is 0.505. The van der Waals surface area contributed by atoms with Crippen LogP contribution in [-0.2, 0) is 4.65 Å². The predicted molar refractivity (Wildman–Crippen MR) is 94.8 cm³/mol. The molecule has 1 nitrogen and oxygen atoms in total. The molecule has 0 aromatic heterocycles. The van der Waals surface area contributed by atoms with Crippen LogP contribution in [0.25, 0.3) is 0 Å². The van der Waals surface area contributed by atoms with Crippen molar-refractivity contribution in [1.29, 1.82) is 0 Å². The van der Waals surface area contributed by atoms with E-state index in [1.54, 1.807) is 0 Å². The van der Waals surface area contributed by atoms with Crippen molar-refractivity contribution in [2.75, 3.05) is 0 Å². The lowest BCUT2D eigenvalue weighted by Crippen LogP contribution is -2.36. The van der Waals surface area contributed by atoms with Crippen molar-refractivity contribution in [3.63, 3.8) is 0 Å². The Morgan fingerprint density at radius 3 is 2.23 bits per heavy atom. The van der Waals surface area contributed by atoms with Gasteiger partial charge in [-0.1, -0.05) is 69.6 Å². The molecule has 0 aromatic rings. The van der Waals surface area contributed by atoms with Gasteiger partial charge in [-0.25, -0.2) is 0 Å². The lowest BCUT2D eigenvalue weighted by Gasteiger charge is -2.39. The zero-order chi connectivity index (χ0) is 15.2. The normalized spacial score (nSPS) is 29.7. The average molecular weight is 298 g/mol. The summed E-state index contributed by atoms with van der Waals surface area (Å²) in [6, 6.07) is 0. The highest BCUT2D eigenvalue weighted by Gasteiger charge is 2.42. The number of hydrogen-bond acceptors (Lipinski definition) is 1. The largest absolute Gasteiger partial charge is 0.563 e. The molecule has 2 heterocycles. The molecule has 0 radical (unpaired) electrons. The molecule has 1 aliphatic carbocycles. The lowest BCUT2D eigenvalue weighted by atomic mass is 9.38. The molecule has 22 heavy (non-hydrogen) atoms. The second-order valence-corrected chi connectivity index (χ2v) is 7.64. The van der Waals surface area contributed by atoms with Crippen molar-refractivity contribution in [2.24, 2.45) is 5.92 Å². The highest BCUT2D eigenvalue weighted by molar-refractivity contribution is 6.56. The van der Waals surface area contributed by atoms with Gasteiger partial charge in [0.1, 0.15) is 0 Å². The summed E-state index contributed by atoms with van der Waals surface area (Å²) < 4.78 is 6.34. The van der Waals surface area contributed by atoms with Crippen LogP contribution in [0.5, 0.6) is 0 Å². The Kier molecular flexibility index (Phi) is 5.93. The van der Waals surface area contributed by atoms with Crippen molar-refractivity contribution in [3.8, 4) is 11.8 Å². The standard InChI is InChI=1S/C20H31BO/c1-17(9-5-6-12-18-10-3-2-4-11-18)22-21-19-13-7-14-20(21)16-8-15-19/h9,18-20H,2-5,7-8,10-11,13-16H2,1H3/b17-9-. The van der Waals surface area contributed by atoms with Gasteiger partial charge in [0.2, 0.25) is 0 Å². The maximum Gasteiger partial charge on any atom is 0.363 e. The monoisotopic (exact) mass is 298 g/mol. The lowest BCUT2D eigenvalue weighted by molar-refractivity contribution is 0.333. The number of hydrogen-bond donors (Lipinski definition) is 0. The fourth-order valence-electron chi connectivity index (χ4n) is 4.72. The Bertz CT molecular complexity index is 416. The molecular formula is C20H31BO. The van der Waals surface area contributed by atoms with Crippen molar-refractivity contribution in [3.05, 3.63) is 11.8 Å². The highest BCUT2D eigenvalue weighted by Crippen LogP contribution is 2.47. The zero-order valence-electron chi connectivity index (χ0n) is 14.3. The summed E-state index contributed by atoms with van der Waals surface area (Å²) in [6.07, 6.45) is 18.3. The number of fused-ring (bicyclic) bond motifs is 2. The van der Waals surface area contributed by atoms with Crippen molar-refractivity contribution in [2.45, 2.75) is 95.6 Å². The second-order valence-electron chi connectivity index (χ2n) is 7.64. The molecule has 120 valence electrons. The molecule has 0 amide bonds. The third-order valence-electron chi connectivity index (χ3n) is 5.95. The van der Waals surface area contributed by atoms with Crippen LogP contribution in [-0.4, -0.2) is 6.92 Å². The van der Waals surface area contributed by atoms with Gasteiger partial charge in [0, 0.05) is 12.3 Å². The number of allylic oxidation sites excluding steroid dienone is 2. The Balaban J connectivity index is 1.46. The van der Waals surface area contributed by atoms with Crippen molar-refractivity contribution in [1.82, 2.24) is 0 Å². The summed E-state index contributed by atoms with van der Waals surface area (Å²) in [5, 5.41) is 0. The van der Waals surface area contributed by atoms with Crippen molar-refractivity contribution < 1.29 is 4.65 Å². The van der Waals surface area contributed by atoms with E-state index in [0.29, 0.717) is 12.8 Å². The van der Waals surface area contributed by atoms with Gasteiger partial charge >= 0.3 is 6.92 Å². The zero-order valence-corrected chi connectivity index (χ0v) is 14.3. The first-order chi connectivity index (χ1) is 10.8. The Labute approximate surface area is 137 Å². The summed E-state index contributed by atoms with van der Waals surface area (Å²) in [5.74, 6) is 10.3. The fourth-order valence-corrected chi connectivity index (χ4v) is 4.72. The molecule has 0 N–H and O–H groups in total. The molecule has 2 heteroatoms. The van der Waals surface area contributed by atoms with E-state index in [2.05, 4.69) is 24.8 Å². The molecule has 1 saturated carbocycles. The summed E-state index contributed by atoms with van der Waals surface area (Å²) in [7, 11) is 0. The molecule has 0 spiro atoms. The predicted octanol–water partition coefficient (Wildman–Crippen LogP) is 5.98. The van der Waals surface area contributed by atoms with E-state index in [4.69, 9.17) is 4.65 Å². The molecule has 3 aliphatic rings. The third-order valence-corrected chi connectivity index (χ3v) is 5.95. The molecule has 2 bridgehead atoms. The van der Waals surface area contributed by atoms with Gasteiger partial charge < -0.3 is 4.65 Å². The smallest absolute Gasteiger partial charge is 0.363 e. The van der Waals surface area contributed by atoms with Gasteiger partial charge in [0.25, 0.3) is 0 Å². The van der Waals surface area contributed by atoms with Crippen LogP contribution >= 0.6 is 0 Å². The maximum absolute atomic E-state index is 6.34. The molecule has 2 aliphatic heterocycles. The van der Waals surface area contributed by atoms with Gasteiger partial charge in [-0.15, -0.1) is 0 Å². The maximum atomic E-state index is 6.34. The molecule has 2 saturated heterocycles. The fraction of sp³-hybridized carbons (Fsp3) is 0.800. The van der Waals surface area contributed by atoms with Crippen LogP contribution in [0.4, 0.5) is 0 Å². The Morgan fingerprint density at radius 1 is 0.955 bits per heavy atom. The van der Waals surface area contributed by atoms with E-state index in [9.17, 15) is 0 Å². The summed E-state index contributed by atoms with van der Waals surface area (Å²) in [5.41, 5.74) is 0. The molecule has 3 fully saturated rings. The molecular weight excluding hydrogens is 267 g/mol. The van der Waals surface area contributed by atoms with E-state index in [1.807, 2.05) is 0 Å². The van der Waals surface area contributed by atoms with Gasteiger partial charge in [0.05, 0.1) is 5.76 Å². The third kappa shape index (κ3) is 4.34. The molecule has 0 aromatic carbocycles. The molecule has 0 atom stereocenters. The van der Waals surface area contributed by atoms with Crippen LogP contribution in [0, 0.1) is 17.8 Å². The van der Waals surface area contributed by atoms with Crippen LogP contribution in [0.1, 0.15) is 84.0 Å². The summed E-state index contributed by atoms with van der Waals surface area (Å²) in [6.45, 7) is 2.64. The summed E-state index contributed by atoms with van der Waals surface area (Å²) in [4.78, 5) is 0. The minimum Gasteiger partial charge on any atom is -0.563 e. The first-order valence-corrected chi connectivity index (χ1v) is 9.65. The average Bonchev–Trinajstić information content (AvgIpc) is 2.52. The van der Waals surface area contributed by atoms with Crippen LogP contribution in [0.2, 0.25) is 11.6 Å². The van der Waals surface area contributed by atoms with Crippen LogP contribution < -0.4 is 0 Å². The minimum atomic E-state index is 0.505. The highest BCUT2D eigenvalue weighted by atomic mass is 16.4. The second kappa shape index (κ2) is 8.14. The first-order valence-electron chi connectivity index (χ1n) is 9.65. The SMILES string of the molecule is C/C(=C/CC#CC1CCCCC1)OB1C2CCCC1CCC2. The van der Waals surface area contributed by atoms with E-state index >= 15 is 0 Å². The first kappa shape index (κ1) is 16.0. The van der Waals surface area contributed by atoms with E-state index in [1.165, 1.54) is 70.6 Å². The van der Waals surface area contributed by atoms with Crippen LogP contribution in [0.15, 0.2) is 11.8 Å². The van der Waals surface area contributed by atoms with Crippen LogP contribution in [0.3, 0.4) is 0 Å². The van der Waals surface area contributed by atoms with Gasteiger partial charge in [-0.2, -0.15) is 0 Å². The molecule has 0 unspecified atom stereocenters. The van der Waals surface area contributed by atoms with E-state index in [0.717, 1.165) is 23.8 Å². The van der Waals surface area contributed by atoms with Crippen molar-refractivity contribution >= 4 is 6.92 Å². The number of rotatable bonds is 3. The topological polar surface area (TPSA) is 9.23 Å². The Hall–Kier alpha value is -0.835. The Morgan fingerprint density at radius 2 is 1.59 bits per heavy atom. The van der Waals surface area contributed by atoms with Gasteiger partial charge in [0.15, 0.2) is 0 Å². The molecule has 3 rings (SSSR count). The quantitative estimate of drug-likeness (QED) is 0.354. The summed E-state index contributed by atoms with van der Waals surface area (Å²) >= 11 is 0. The van der Waals surface area contributed by atoms with E-state index in [-0.39, 0.29) is 0 Å².